The Morgan fingerprint density at radius 2 is 1.26 bits per heavy atom. The van der Waals surface area contributed by atoms with Crippen molar-refractivity contribution in [3.05, 3.63) is 148 Å². The van der Waals surface area contributed by atoms with Crippen molar-refractivity contribution in [3.8, 4) is 11.1 Å². The van der Waals surface area contributed by atoms with Crippen LogP contribution in [-0.4, -0.2) is 12.8 Å². The molecular formula is C61H69BN2O. The van der Waals surface area contributed by atoms with Crippen molar-refractivity contribution in [2.24, 2.45) is 5.41 Å². The fourth-order valence-corrected chi connectivity index (χ4v) is 12.8. The second-order valence-corrected chi connectivity index (χ2v) is 24.5. The van der Waals surface area contributed by atoms with Crippen molar-refractivity contribution < 1.29 is 4.42 Å². The third kappa shape index (κ3) is 6.35. The van der Waals surface area contributed by atoms with Crippen LogP contribution >= 0.6 is 0 Å². The summed E-state index contributed by atoms with van der Waals surface area (Å²) >= 11 is 0. The molecular weight excluding hydrogens is 787 g/mol. The maximum Gasteiger partial charge on any atom is 0.272 e. The Bertz CT molecular complexity index is 3050. The Balaban J connectivity index is 1.25. The first-order valence-corrected chi connectivity index (χ1v) is 24.6. The number of rotatable bonds is 3. The summed E-state index contributed by atoms with van der Waals surface area (Å²) in [5.41, 5.74) is 23.7. The molecule has 2 atom stereocenters. The van der Waals surface area contributed by atoms with Gasteiger partial charge in [-0.15, -0.1) is 0 Å². The molecule has 0 saturated carbocycles. The third-order valence-corrected chi connectivity index (χ3v) is 17.1. The first-order chi connectivity index (χ1) is 30.6. The average Bonchev–Trinajstić information content (AvgIpc) is 3.62. The molecule has 1 aromatic heterocycles. The van der Waals surface area contributed by atoms with Gasteiger partial charge in [-0.3, -0.25) is 0 Å². The summed E-state index contributed by atoms with van der Waals surface area (Å²) in [6.45, 7) is 33.5. The maximum absolute atomic E-state index is 7.65. The van der Waals surface area contributed by atoms with Crippen LogP contribution < -0.4 is 20.9 Å². The zero-order valence-electron chi connectivity index (χ0n) is 41.7. The van der Waals surface area contributed by atoms with Crippen molar-refractivity contribution in [2.75, 3.05) is 9.80 Å². The van der Waals surface area contributed by atoms with Gasteiger partial charge in [0.25, 0.3) is 6.71 Å². The number of aryl methyl sites for hydroxylation is 3. The molecule has 2 unspecified atom stereocenters. The smallest absolute Gasteiger partial charge is 0.272 e. The van der Waals surface area contributed by atoms with Gasteiger partial charge in [0.2, 0.25) is 0 Å². The van der Waals surface area contributed by atoms with E-state index in [2.05, 4.69) is 210 Å². The molecule has 3 heterocycles. The van der Waals surface area contributed by atoms with Gasteiger partial charge in [-0.05, 0) is 183 Å². The Labute approximate surface area is 390 Å². The van der Waals surface area contributed by atoms with Gasteiger partial charge < -0.3 is 14.2 Å². The van der Waals surface area contributed by atoms with E-state index in [0.717, 1.165) is 11.2 Å². The predicted molar refractivity (Wildman–Crippen MR) is 279 cm³/mol. The summed E-state index contributed by atoms with van der Waals surface area (Å²) < 4.78 is 7.65. The second-order valence-electron chi connectivity index (χ2n) is 24.5. The molecule has 0 saturated heterocycles. The highest BCUT2D eigenvalue weighted by Gasteiger charge is 2.53. The van der Waals surface area contributed by atoms with Gasteiger partial charge in [-0.1, -0.05) is 137 Å². The number of fused-ring (bicyclic) bond motifs is 8. The third-order valence-electron chi connectivity index (χ3n) is 17.1. The lowest BCUT2D eigenvalue weighted by Gasteiger charge is -2.50. The molecule has 0 bridgehead atoms. The van der Waals surface area contributed by atoms with E-state index in [1.165, 1.54) is 121 Å². The van der Waals surface area contributed by atoms with E-state index in [9.17, 15) is 0 Å². The molecule has 0 radical (unpaired) electrons. The molecule has 0 spiro atoms. The molecule has 0 fully saturated rings. The van der Waals surface area contributed by atoms with E-state index in [1.807, 2.05) is 0 Å². The van der Waals surface area contributed by atoms with E-state index < -0.39 is 0 Å². The molecule has 332 valence electrons. The van der Waals surface area contributed by atoms with Crippen LogP contribution in [0.4, 0.5) is 28.4 Å². The van der Waals surface area contributed by atoms with Gasteiger partial charge in [0.15, 0.2) is 0 Å². The Kier molecular flexibility index (Phi) is 9.08. The number of allylic oxidation sites excluding steroid dienone is 2. The average molecular weight is 857 g/mol. The molecule has 0 N–H and O–H groups in total. The fraction of sp³-hybridized carbons (Fsp3) is 0.410. The van der Waals surface area contributed by atoms with Gasteiger partial charge in [-0.2, -0.15) is 0 Å². The number of furan rings is 1. The number of hydrogen-bond acceptors (Lipinski definition) is 3. The summed E-state index contributed by atoms with van der Waals surface area (Å²) in [7, 11) is 0. The van der Waals surface area contributed by atoms with Crippen molar-refractivity contribution in [1.82, 2.24) is 0 Å². The highest BCUT2D eigenvalue weighted by Crippen LogP contribution is 2.55. The predicted octanol–water partition coefficient (Wildman–Crippen LogP) is 15.5. The molecule has 3 nitrogen and oxygen atoms in total. The van der Waals surface area contributed by atoms with Crippen LogP contribution in [0.15, 0.2) is 113 Å². The fourth-order valence-electron chi connectivity index (χ4n) is 12.8. The molecule has 6 aromatic rings. The molecule has 5 aliphatic rings. The van der Waals surface area contributed by atoms with Crippen molar-refractivity contribution in [1.29, 1.82) is 0 Å². The van der Waals surface area contributed by atoms with Gasteiger partial charge >= 0.3 is 0 Å². The molecule has 4 heteroatoms. The summed E-state index contributed by atoms with van der Waals surface area (Å²) in [5.74, 6) is 0.122. The van der Waals surface area contributed by atoms with Crippen LogP contribution in [0.2, 0.25) is 5.82 Å². The van der Waals surface area contributed by atoms with Crippen LogP contribution in [0.1, 0.15) is 141 Å². The van der Waals surface area contributed by atoms with Crippen LogP contribution in [0, 0.1) is 26.2 Å². The van der Waals surface area contributed by atoms with Crippen molar-refractivity contribution in [2.45, 2.75) is 156 Å². The minimum absolute atomic E-state index is 0.00806. The number of benzene rings is 5. The van der Waals surface area contributed by atoms with Crippen LogP contribution in [0.3, 0.4) is 0 Å². The molecule has 11 rings (SSSR count). The van der Waals surface area contributed by atoms with E-state index in [1.54, 1.807) is 0 Å². The maximum atomic E-state index is 7.65. The zero-order chi connectivity index (χ0) is 45.9. The summed E-state index contributed by atoms with van der Waals surface area (Å²) in [4.78, 5) is 5.36. The minimum atomic E-state index is -0.0132. The van der Waals surface area contributed by atoms with Gasteiger partial charge in [-0.25, -0.2) is 0 Å². The standard InChI is InChI=1S/C61H69BN2O/c1-36-29-51-54-52(30-36)64(50-31-39(20-19-38(50)3)42-18-16-15-17-37(42)2)49-24-21-40(57(4,5)6)32-48(49)62(54)56-55(43-34-46-47(35-53(43)65-56)61(13,14)28-27-60(46,11)12)63(51)41-22-23-44-45(33-41)59(9,10)26-25-58(44,7)8/h15-24,29-35,48-49H,25-28H2,1-14H3. The largest absolute Gasteiger partial charge is 0.469 e. The summed E-state index contributed by atoms with van der Waals surface area (Å²) in [6.07, 6.45) is 12.3. The van der Waals surface area contributed by atoms with E-state index in [4.69, 9.17) is 4.42 Å². The van der Waals surface area contributed by atoms with E-state index in [0.29, 0.717) is 0 Å². The van der Waals surface area contributed by atoms with Crippen LogP contribution in [0.25, 0.3) is 22.1 Å². The lowest BCUT2D eigenvalue weighted by Crippen LogP contribution is -2.61. The SMILES string of the molecule is Cc1cc2c3c(c1)N(c1cc(-c4ccccc4C)ccc1C)C1C=CC(C(C)(C)C)=CC1B3c1oc3cc4c(cc3c1N2c1ccc2c(c1)C(C)(C)CCC2(C)C)C(C)(C)CCC4(C)C. The number of hydrogen-bond donors (Lipinski definition) is 0. The second kappa shape index (κ2) is 13.9. The Morgan fingerprint density at radius 3 is 1.94 bits per heavy atom. The zero-order valence-corrected chi connectivity index (χ0v) is 41.7. The molecule has 65 heavy (non-hydrogen) atoms. The Morgan fingerprint density at radius 1 is 0.631 bits per heavy atom. The first kappa shape index (κ1) is 42.4. The Hall–Kier alpha value is -5.22. The molecule has 5 aromatic carbocycles. The van der Waals surface area contributed by atoms with E-state index in [-0.39, 0.29) is 45.6 Å². The van der Waals surface area contributed by atoms with Crippen LogP contribution in [0.5, 0.6) is 0 Å². The highest BCUT2D eigenvalue weighted by atomic mass is 16.3. The van der Waals surface area contributed by atoms with Gasteiger partial charge in [0, 0.05) is 28.1 Å². The highest BCUT2D eigenvalue weighted by molar-refractivity contribution is 6.91. The molecule has 3 aliphatic carbocycles. The quantitative estimate of drug-likeness (QED) is 0.165. The normalized spacial score (nSPS) is 21.9. The topological polar surface area (TPSA) is 19.6 Å². The number of anilines is 5. The summed E-state index contributed by atoms with van der Waals surface area (Å²) in [6, 6.07) is 33.5. The molecule has 0 amide bonds. The van der Waals surface area contributed by atoms with Gasteiger partial charge in [0.05, 0.1) is 17.4 Å². The lowest BCUT2D eigenvalue weighted by molar-refractivity contribution is 0.332. The van der Waals surface area contributed by atoms with Gasteiger partial charge in [0.1, 0.15) is 5.58 Å². The van der Waals surface area contributed by atoms with Crippen molar-refractivity contribution in [3.63, 3.8) is 0 Å². The molecule has 2 aliphatic heterocycles. The number of nitrogens with zero attached hydrogens (tertiary/aromatic N) is 2. The lowest BCUT2D eigenvalue weighted by atomic mass is 9.30. The first-order valence-electron chi connectivity index (χ1n) is 24.6. The minimum Gasteiger partial charge on any atom is -0.469 e. The monoisotopic (exact) mass is 857 g/mol. The van der Waals surface area contributed by atoms with E-state index >= 15 is 0 Å². The van der Waals surface area contributed by atoms with Crippen LogP contribution in [-0.2, 0) is 21.7 Å². The van der Waals surface area contributed by atoms with Crippen molar-refractivity contribution >= 4 is 57.2 Å². The summed E-state index contributed by atoms with van der Waals surface area (Å²) in [5, 5.41) is 1.24.